The Balaban J connectivity index is 4.69. The minimum atomic E-state index is -4.45. The van der Waals surface area contributed by atoms with Crippen LogP contribution in [0.5, 0.6) is 0 Å². The van der Waals surface area contributed by atoms with E-state index in [9.17, 15) is 13.2 Å². The maximum atomic E-state index is 12.0. The molecule has 0 rings (SSSR count). The summed E-state index contributed by atoms with van der Waals surface area (Å²) in [4.78, 5) is 2.86. The van der Waals surface area contributed by atoms with E-state index in [0.717, 1.165) is 6.08 Å². The molecule has 0 fully saturated rings. The molecule has 74 valence electrons. The van der Waals surface area contributed by atoms with Crippen LogP contribution in [0.2, 0.25) is 0 Å². The van der Waals surface area contributed by atoms with Gasteiger partial charge in [-0.3, -0.25) is 4.99 Å². The first-order valence-corrected chi connectivity index (χ1v) is 3.92. The van der Waals surface area contributed by atoms with Crippen LogP contribution in [0.4, 0.5) is 13.2 Å². The number of alkyl halides is 4. The summed E-state index contributed by atoms with van der Waals surface area (Å²) in [6.07, 6.45) is -2.33. The Morgan fingerprint density at radius 1 is 1.46 bits per heavy atom. The second-order valence-corrected chi connectivity index (χ2v) is 2.62. The summed E-state index contributed by atoms with van der Waals surface area (Å²) < 4.78 is 36.0. The minimum absolute atomic E-state index is 0.193. The lowest BCUT2D eigenvalue weighted by Crippen LogP contribution is -2.09. The molecule has 0 aliphatic carbocycles. The van der Waals surface area contributed by atoms with E-state index in [1.165, 1.54) is 6.08 Å². The molecule has 0 aromatic heterocycles. The zero-order chi connectivity index (χ0) is 10.5. The molecule has 0 N–H and O–H groups in total. The topological polar surface area (TPSA) is 12.4 Å². The van der Waals surface area contributed by atoms with E-state index in [1.807, 2.05) is 0 Å². The monoisotopic (exact) mass is 211 g/mol. The van der Waals surface area contributed by atoms with Crippen LogP contribution in [0.1, 0.15) is 6.92 Å². The third-order valence-electron chi connectivity index (χ3n) is 1.20. The zero-order valence-corrected chi connectivity index (χ0v) is 7.78. The van der Waals surface area contributed by atoms with Crippen molar-refractivity contribution >= 4 is 18.3 Å². The van der Waals surface area contributed by atoms with Crippen molar-refractivity contribution in [2.75, 3.05) is 5.88 Å². The van der Waals surface area contributed by atoms with Crippen LogP contribution in [0, 0.1) is 0 Å². The number of rotatable bonds is 3. The van der Waals surface area contributed by atoms with Crippen molar-refractivity contribution in [1.82, 2.24) is 0 Å². The van der Waals surface area contributed by atoms with Crippen LogP contribution in [0.15, 0.2) is 28.4 Å². The van der Waals surface area contributed by atoms with Crippen molar-refractivity contribution in [2.45, 2.75) is 13.1 Å². The van der Waals surface area contributed by atoms with Crippen molar-refractivity contribution in [3.05, 3.63) is 23.4 Å². The number of nitrogens with zero attached hydrogens (tertiary/aromatic N) is 1. The molecule has 5 heteroatoms. The van der Waals surface area contributed by atoms with Crippen molar-refractivity contribution in [1.29, 1.82) is 0 Å². The highest BCUT2D eigenvalue weighted by Gasteiger charge is 2.32. The molecule has 1 nitrogen and oxygen atoms in total. The molecule has 0 amide bonds. The lowest BCUT2D eigenvalue weighted by molar-refractivity contribution is -0.0922. The molecule has 0 atom stereocenters. The Kier molecular flexibility index (Phi) is 4.77. The van der Waals surface area contributed by atoms with Gasteiger partial charge in [0.1, 0.15) is 5.70 Å². The molecular weight excluding hydrogens is 203 g/mol. The van der Waals surface area contributed by atoms with Gasteiger partial charge in [0.2, 0.25) is 0 Å². The average molecular weight is 212 g/mol. The van der Waals surface area contributed by atoms with Crippen LogP contribution >= 0.6 is 11.6 Å². The highest BCUT2D eigenvalue weighted by atomic mass is 35.5. The number of allylic oxidation sites excluding steroid dienone is 4. The number of aliphatic imine (C=N–C) groups is 1. The average Bonchev–Trinajstić information content (AvgIpc) is 2.02. The Morgan fingerprint density at radius 2 is 2.00 bits per heavy atom. The third-order valence-corrected chi connectivity index (χ3v) is 1.62. The Bertz CT molecular complexity index is 240. The molecule has 0 aliphatic rings. The minimum Gasteiger partial charge on any atom is -0.260 e. The van der Waals surface area contributed by atoms with E-state index in [2.05, 4.69) is 11.7 Å². The largest absolute Gasteiger partial charge is 0.433 e. The highest BCUT2D eigenvalue weighted by molar-refractivity contribution is 6.19. The van der Waals surface area contributed by atoms with E-state index < -0.39 is 11.9 Å². The van der Waals surface area contributed by atoms with Gasteiger partial charge in [-0.25, -0.2) is 0 Å². The summed E-state index contributed by atoms with van der Waals surface area (Å²) in [6, 6.07) is 0. The lowest BCUT2D eigenvalue weighted by Gasteiger charge is -2.04. The maximum absolute atomic E-state index is 12.0. The van der Waals surface area contributed by atoms with Crippen LogP contribution in [0.3, 0.4) is 0 Å². The fourth-order valence-electron chi connectivity index (χ4n) is 0.503. The van der Waals surface area contributed by atoms with E-state index in [-0.39, 0.29) is 5.88 Å². The molecule has 0 saturated carbocycles. The molecule has 0 aromatic rings. The molecule has 0 aliphatic heterocycles. The van der Waals surface area contributed by atoms with Gasteiger partial charge in [0, 0.05) is 5.88 Å². The third kappa shape index (κ3) is 4.72. The van der Waals surface area contributed by atoms with Crippen molar-refractivity contribution in [3.63, 3.8) is 0 Å². The van der Waals surface area contributed by atoms with Crippen molar-refractivity contribution in [2.24, 2.45) is 4.99 Å². The van der Waals surface area contributed by atoms with Gasteiger partial charge in [0.15, 0.2) is 0 Å². The first kappa shape index (κ1) is 12.2. The molecule has 13 heavy (non-hydrogen) atoms. The van der Waals surface area contributed by atoms with E-state index >= 15 is 0 Å². The quantitative estimate of drug-likeness (QED) is 0.386. The van der Waals surface area contributed by atoms with E-state index in [4.69, 9.17) is 11.6 Å². The number of halogens is 4. The summed E-state index contributed by atoms with van der Waals surface area (Å²) >= 11 is 5.37. The number of hydrogen-bond acceptors (Lipinski definition) is 1. The van der Waals surface area contributed by atoms with E-state index in [1.54, 1.807) is 6.92 Å². The smallest absolute Gasteiger partial charge is 0.260 e. The second kappa shape index (κ2) is 5.07. The highest BCUT2D eigenvalue weighted by Crippen LogP contribution is 2.26. The van der Waals surface area contributed by atoms with Crippen LogP contribution in [-0.2, 0) is 0 Å². The molecule has 0 spiro atoms. The van der Waals surface area contributed by atoms with Gasteiger partial charge in [-0.2, -0.15) is 13.2 Å². The van der Waals surface area contributed by atoms with Crippen LogP contribution < -0.4 is 0 Å². The van der Waals surface area contributed by atoms with Crippen molar-refractivity contribution < 1.29 is 13.2 Å². The van der Waals surface area contributed by atoms with E-state index in [0.29, 0.717) is 5.57 Å². The zero-order valence-electron chi connectivity index (χ0n) is 7.03. The SMILES string of the molecule is C=N/C(=C\C=C(/C)CCl)C(F)(F)F. The van der Waals surface area contributed by atoms with Gasteiger partial charge >= 0.3 is 6.18 Å². The molecule has 0 aromatic carbocycles. The lowest BCUT2D eigenvalue weighted by atomic mass is 10.3. The van der Waals surface area contributed by atoms with Gasteiger partial charge < -0.3 is 0 Å². The standard InChI is InChI=1S/C8H9ClF3N/c1-6(5-9)3-4-7(13-2)8(10,11)12/h3-4H,2,5H2,1H3/b6-3+,7-4-. The fraction of sp³-hybridized carbons (Fsp3) is 0.375. The Labute approximate surface area is 79.6 Å². The predicted molar refractivity (Wildman–Crippen MR) is 48.2 cm³/mol. The fourth-order valence-corrected chi connectivity index (χ4v) is 0.592. The summed E-state index contributed by atoms with van der Waals surface area (Å²) in [5.74, 6) is 0.193. The summed E-state index contributed by atoms with van der Waals surface area (Å²) in [7, 11) is 0. The molecular formula is C8H9ClF3N. The molecule has 0 unspecified atom stereocenters. The second-order valence-electron chi connectivity index (χ2n) is 2.35. The van der Waals surface area contributed by atoms with Gasteiger partial charge in [0.25, 0.3) is 0 Å². The molecule has 0 heterocycles. The van der Waals surface area contributed by atoms with Gasteiger partial charge in [-0.15, -0.1) is 11.6 Å². The first-order valence-electron chi connectivity index (χ1n) is 3.39. The number of hydrogen-bond donors (Lipinski definition) is 0. The van der Waals surface area contributed by atoms with Gasteiger partial charge in [0.05, 0.1) is 0 Å². The summed E-state index contributed by atoms with van der Waals surface area (Å²) in [5.41, 5.74) is -0.385. The van der Waals surface area contributed by atoms with Crippen LogP contribution in [0.25, 0.3) is 0 Å². The predicted octanol–water partition coefficient (Wildman–Crippen LogP) is 3.32. The van der Waals surface area contributed by atoms with Crippen LogP contribution in [-0.4, -0.2) is 18.8 Å². The molecule has 0 radical (unpaired) electrons. The van der Waals surface area contributed by atoms with Gasteiger partial charge in [-0.05, 0) is 19.7 Å². The van der Waals surface area contributed by atoms with Crippen molar-refractivity contribution in [3.8, 4) is 0 Å². The maximum Gasteiger partial charge on any atom is 0.433 e. The molecule has 0 saturated heterocycles. The molecule has 0 bridgehead atoms. The first-order chi connectivity index (χ1) is 5.91. The summed E-state index contributed by atoms with van der Waals surface area (Å²) in [6.45, 7) is 4.46. The van der Waals surface area contributed by atoms with Gasteiger partial charge in [-0.1, -0.05) is 11.6 Å². The normalized spacial score (nSPS) is 14.5. The Morgan fingerprint density at radius 3 is 2.31 bits per heavy atom. The summed E-state index contributed by atoms with van der Waals surface area (Å²) in [5, 5.41) is 0. The Hall–Kier alpha value is -0.770.